The maximum Gasteiger partial charge on any atom is 0.323 e. The van der Waals surface area contributed by atoms with Crippen molar-refractivity contribution in [2.45, 2.75) is 50.7 Å². The number of amides is 3. The Morgan fingerprint density at radius 3 is 2.85 bits per heavy atom. The third-order valence-corrected chi connectivity index (χ3v) is 6.15. The summed E-state index contributed by atoms with van der Waals surface area (Å²) < 4.78 is 4.92. The second-order valence-electron chi connectivity index (χ2n) is 6.87. The minimum absolute atomic E-state index is 0.0351. The molecule has 0 unspecified atom stereocenters. The number of carbonyl (C=O) groups is 3. The van der Waals surface area contributed by atoms with E-state index in [0.29, 0.717) is 12.5 Å². The molecule has 1 saturated heterocycles. The zero-order valence-corrected chi connectivity index (χ0v) is 15.7. The molecule has 1 aliphatic carbocycles. The van der Waals surface area contributed by atoms with Crippen LogP contribution in [-0.4, -0.2) is 48.5 Å². The second kappa shape index (κ2) is 8.64. The van der Waals surface area contributed by atoms with E-state index in [9.17, 15) is 14.4 Å². The van der Waals surface area contributed by atoms with E-state index in [1.807, 2.05) is 22.4 Å². The Morgan fingerprint density at radius 1 is 1.31 bits per heavy atom. The van der Waals surface area contributed by atoms with Gasteiger partial charge in [-0.25, -0.2) is 4.79 Å². The summed E-state index contributed by atoms with van der Waals surface area (Å²) in [5.41, 5.74) is 0. The van der Waals surface area contributed by atoms with Gasteiger partial charge in [0.2, 0.25) is 5.91 Å². The Bertz CT molecular complexity index is 649. The number of carbonyl (C=O) groups excluding carboxylic acids is 3. The number of hydrogen-bond acceptors (Lipinski definition) is 6. The van der Waals surface area contributed by atoms with Crippen LogP contribution in [0.25, 0.3) is 0 Å². The zero-order valence-electron chi connectivity index (χ0n) is 14.9. The first kappa shape index (κ1) is 18.8. The highest BCUT2D eigenvalue weighted by molar-refractivity contribution is 7.09. The number of imide groups is 1. The van der Waals surface area contributed by atoms with Crippen LogP contribution in [-0.2, 0) is 20.9 Å². The van der Waals surface area contributed by atoms with E-state index in [1.165, 1.54) is 13.5 Å². The summed E-state index contributed by atoms with van der Waals surface area (Å²) in [5, 5.41) is 6.97. The normalized spacial score (nSPS) is 25.3. The molecule has 2 aliphatic rings. The Morgan fingerprint density at radius 2 is 2.12 bits per heavy atom. The summed E-state index contributed by atoms with van der Waals surface area (Å²) in [4.78, 5) is 39.3. The Hall–Kier alpha value is -1.93. The van der Waals surface area contributed by atoms with Crippen molar-refractivity contribution in [1.29, 1.82) is 0 Å². The van der Waals surface area contributed by atoms with Crippen molar-refractivity contribution < 1.29 is 19.1 Å². The van der Waals surface area contributed by atoms with Gasteiger partial charge in [-0.05, 0) is 36.6 Å². The number of urea groups is 1. The van der Waals surface area contributed by atoms with Crippen molar-refractivity contribution in [3.8, 4) is 0 Å². The lowest BCUT2D eigenvalue weighted by Gasteiger charge is -2.32. The van der Waals surface area contributed by atoms with Gasteiger partial charge in [0, 0.05) is 10.9 Å². The number of nitrogens with zero attached hydrogens (tertiary/aromatic N) is 1. The quantitative estimate of drug-likeness (QED) is 0.763. The van der Waals surface area contributed by atoms with Gasteiger partial charge in [0.05, 0.1) is 20.2 Å². The molecular formula is C18H25N3O4S. The molecule has 0 radical (unpaired) electrons. The SMILES string of the molecule is COC(=O)[C@@H]1C[C@H]2CCCC[C@H]2N1CC(=O)NC(=O)NCc1cccs1. The van der Waals surface area contributed by atoms with Crippen molar-refractivity contribution >= 4 is 29.2 Å². The lowest BCUT2D eigenvalue weighted by Crippen LogP contribution is -2.50. The molecule has 1 saturated carbocycles. The Balaban J connectivity index is 1.55. The molecule has 2 heterocycles. The molecule has 0 bridgehead atoms. The van der Waals surface area contributed by atoms with Crippen LogP contribution in [0.15, 0.2) is 17.5 Å². The van der Waals surface area contributed by atoms with Crippen LogP contribution in [0.4, 0.5) is 4.79 Å². The van der Waals surface area contributed by atoms with E-state index < -0.39 is 18.0 Å². The van der Waals surface area contributed by atoms with Gasteiger partial charge < -0.3 is 10.1 Å². The number of thiophene rings is 1. The van der Waals surface area contributed by atoms with Gasteiger partial charge in [-0.1, -0.05) is 18.9 Å². The van der Waals surface area contributed by atoms with Crippen molar-refractivity contribution in [3.63, 3.8) is 0 Å². The molecule has 26 heavy (non-hydrogen) atoms. The number of hydrogen-bond donors (Lipinski definition) is 2. The second-order valence-corrected chi connectivity index (χ2v) is 7.90. The van der Waals surface area contributed by atoms with Crippen LogP contribution in [0.2, 0.25) is 0 Å². The molecule has 1 aromatic heterocycles. The largest absolute Gasteiger partial charge is 0.468 e. The fourth-order valence-electron chi connectivity index (χ4n) is 4.10. The Kier molecular flexibility index (Phi) is 6.26. The number of rotatable bonds is 5. The lowest BCUT2D eigenvalue weighted by atomic mass is 9.85. The summed E-state index contributed by atoms with van der Waals surface area (Å²) in [6.45, 7) is 0.420. The highest BCUT2D eigenvalue weighted by Gasteiger charge is 2.46. The molecule has 1 aromatic rings. The van der Waals surface area contributed by atoms with E-state index in [0.717, 1.165) is 30.6 Å². The van der Waals surface area contributed by atoms with E-state index in [2.05, 4.69) is 10.6 Å². The van der Waals surface area contributed by atoms with Crippen LogP contribution in [0.5, 0.6) is 0 Å². The molecule has 0 aromatic carbocycles. The van der Waals surface area contributed by atoms with Crippen LogP contribution >= 0.6 is 11.3 Å². The molecule has 142 valence electrons. The van der Waals surface area contributed by atoms with Gasteiger partial charge in [0.1, 0.15) is 6.04 Å². The van der Waals surface area contributed by atoms with E-state index in [1.54, 1.807) is 11.3 Å². The average molecular weight is 379 g/mol. The highest BCUT2D eigenvalue weighted by atomic mass is 32.1. The van der Waals surface area contributed by atoms with Crippen molar-refractivity contribution in [3.05, 3.63) is 22.4 Å². The molecular weight excluding hydrogens is 354 g/mol. The van der Waals surface area contributed by atoms with Crippen LogP contribution < -0.4 is 10.6 Å². The number of ether oxygens (including phenoxy) is 1. The molecule has 2 fully saturated rings. The number of fused-ring (bicyclic) bond motifs is 1. The molecule has 1 aliphatic heterocycles. The number of methoxy groups -OCH3 is 1. The van der Waals surface area contributed by atoms with Gasteiger partial charge in [-0.15, -0.1) is 11.3 Å². The van der Waals surface area contributed by atoms with E-state index in [-0.39, 0.29) is 18.6 Å². The van der Waals surface area contributed by atoms with Gasteiger partial charge in [-0.3, -0.25) is 19.8 Å². The predicted molar refractivity (Wildman–Crippen MR) is 97.6 cm³/mol. The third-order valence-electron chi connectivity index (χ3n) is 5.28. The minimum atomic E-state index is -0.516. The zero-order chi connectivity index (χ0) is 18.5. The average Bonchev–Trinajstić information content (AvgIpc) is 3.27. The lowest BCUT2D eigenvalue weighted by molar-refractivity contribution is -0.146. The smallest absolute Gasteiger partial charge is 0.323 e. The molecule has 3 atom stereocenters. The van der Waals surface area contributed by atoms with Gasteiger partial charge in [0.15, 0.2) is 0 Å². The summed E-state index contributed by atoms with van der Waals surface area (Å²) in [7, 11) is 1.38. The van der Waals surface area contributed by atoms with Gasteiger partial charge >= 0.3 is 12.0 Å². The van der Waals surface area contributed by atoms with Crippen molar-refractivity contribution in [1.82, 2.24) is 15.5 Å². The van der Waals surface area contributed by atoms with Crippen molar-refractivity contribution in [2.24, 2.45) is 5.92 Å². The Labute approximate surface area is 157 Å². The number of nitrogens with one attached hydrogen (secondary N) is 2. The van der Waals surface area contributed by atoms with E-state index in [4.69, 9.17) is 4.74 Å². The summed E-state index contributed by atoms with van der Waals surface area (Å²) in [6, 6.07) is 3.13. The molecule has 7 nitrogen and oxygen atoms in total. The maximum absolute atomic E-state index is 12.3. The van der Waals surface area contributed by atoms with E-state index >= 15 is 0 Å². The summed E-state index contributed by atoms with van der Waals surface area (Å²) in [5.74, 6) is -0.267. The highest BCUT2D eigenvalue weighted by Crippen LogP contribution is 2.39. The number of likely N-dealkylation sites (tertiary alicyclic amines) is 1. The molecule has 8 heteroatoms. The summed E-state index contributed by atoms with van der Waals surface area (Å²) >= 11 is 1.54. The molecule has 3 rings (SSSR count). The first-order valence-corrected chi connectivity index (χ1v) is 9.90. The van der Waals surface area contributed by atoms with Crippen molar-refractivity contribution in [2.75, 3.05) is 13.7 Å². The third kappa shape index (κ3) is 4.42. The fraction of sp³-hybridized carbons (Fsp3) is 0.611. The monoisotopic (exact) mass is 379 g/mol. The van der Waals surface area contributed by atoms with Gasteiger partial charge in [-0.2, -0.15) is 0 Å². The molecule has 0 spiro atoms. The minimum Gasteiger partial charge on any atom is -0.468 e. The summed E-state index contributed by atoms with van der Waals surface area (Å²) in [6.07, 6.45) is 5.07. The predicted octanol–water partition coefficient (Wildman–Crippen LogP) is 1.88. The molecule has 2 N–H and O–H groups in total. The first-order valence-electron chi connectivity index (χ1n) is 9.02. The fourth-order valence-corrected chi connectivity index (χ4v) is 4.75. The van der Waals surface area contributed by atoms with Gasteiger partial charge in [0.25, 0.3) is 0 Å². The maximum atomic E-state index is 12.3. The topological polar surface area (TPSA) is 87.7 Å². The first-order chi connectivity index (χ1) is 12.6. The van der Waals surface area contributed by atoms with Crippen LogP contribution in [0.3, 0.4) is 0 Å². The van der Waals surface area contributed by atoms with Crippen LogP contribution in [0, 0.1) is 5.92 Å². The van der Waals surface area contributed by atoms with Crippen LogP contribution in [0.1, 0.15) is 37.0 Å². The number of esters is 1. The standard InChI is InChI=1S/C18H25N3O4S/c1-25-17(23)15-9-12-5-2-3-7-14(12)21(15)11-16(22)20-18(24)19-10-13-6-4-8-26-13/h4,6,8,12,14-15H,2-3,5,7,9-11H2,1H3,(H2,19,20,22,24)/t12-,14-,15+/m1/s1. The molecule has 3 amide bonds.